The van der Waals surface area contributed by atoms with Crippen LogP contribution in [0.2, 0.25) is 0 Å². The van der Waals surface area contributed by atoms with E-state index >= 15 is 0 Å². The van der Waals surface area contributed by atoms with Gasteiger partial charge in [0.15, 0.2) is 0 Å². The molecule has 1 N–H and O–H groups in total. The summed E-state index contributed by atoms with van der Waals surface area (Å²) in [4.78, 5) is 21.4. The van der Waals surface area contributed by atoms with E-state index in [9.17, 15) is 4.79 Å². The van der Waals surface area contributed by atoms with Gasteiger partial charge in [-0.1, -0.05) is 12.1 Å². The summed E-state index contributed by atoms with van der Waals surface area (Å²) in [6, 6.07) is 8.91. The standard InChI is InChI=1S/C27H36N4O2/c1-20-19-26(29-27-22(20)11-12-25(32)28-27)33-18-5-4-13-30-14-16-31(17-15-30)24-10-6-8-21-7-2-3-9-23(21)24/h6,8,10,19H,2-5,7,9,11-18H2,1H3,(H,28,29,32). The maximum Gasteiger partial charge on any atom is 0.225 e. The Balaban J connectivity index is 1.04. The summed E-state index contributed by atoms with van der Waals surface area (Å²) in [6.07, 6.45) is 8.61. The number of carbonyl (C=O) groups is 1. The normalized spacial score (nSPS) is 18.5. The number of piperazine rings is 1. The van der Waals surface area contributed by atoms with Gasteiger partial charge in [0.05, 0.1) is 6.61 Å². The van der Waals surface area contributed by atoms with E-state index in [2.05, 4.69) is 45.2 Å². The fourth-order valence-corrected chi connectivity index (χ4v) is 5.48. The molecule has 1 saturated heterocycles. The molecule has 3 heterocycles. The molecule has 6 nitrogen and oxygen atoms in total. The smallest absolute Gasteiger partial charge is 0.225 e. The van der Waals surface area contributed by atoms with Crippen molar-refractivity contribution >= 4 is 17.4 Å². The third-order valence-electron chi connectivity index (χ3n) is 7.39. The number of amides is 1. The van der Waals surface area contributed by atoms with E-state index in [-0.39, 0.29) is 5.91 Å². The van der Waals surface area contributed by atoms with Crippen molar-refractivity contribution in [3.63, 3.8) is 0 Å². The molecule has 0 saturated carbocycles. The zero-order valence-corrected chi connectivity index (χ0v) is 19.9. The third kappa shape index (κ3) is 5.16. The van der Waals surface area contributed by atoms with Crippen LogP contribution in [0.25, 0.3) is 0 Å². The van der Waals surface area contributed by atoms with Crippen molar-refractivity contribution in [3.05, 3.63) is 46.5 Å². The number of carbonyl (C=O) groups excluding carboxylic acids is 1. The van der Waals surface area contributed by atoms with E-state index in [1.54, 1.807) is 11.1 Å². The van der Waals surface area contributed by atoms with Crippen LogP contribution in [0, 0.1) is 6.92 Å². The number of fused-ring (bicyclic) bond motifs is 2. The summed E-state index contributed by atoms with van der Waals surface area (Å²) in [6.45, 7) is 8.36. The molecule has 0 atom stereocenters. The quantitative estimate of drug-likeness (QED) is 0.646. The molecule has 2 aliphatic heterocycles. The van der Waals surface area contributed by atoms with Crippen molar-refractivity contribution in [2.75, 3.05) is 49.5 Å². The highest BCUT2D eigenvalue weighted by atomic mass is 16.5. The van der Waals surface area contributed by atoms with Gasteiger partial charge in [0.25, 0.3) is 0 Å². The molecule has 2 aromatic rings. The molecular weight excluding hydrogens is 412 g/mol. The van der Waals surface area contributed by atoms with Gasteiger partial charge >= 0.3 is 0 Å². The number of hydrogen-bond donors (Lipinski definition) is 1. The van der Waals surface area contributed by atoms with Gasteiger partial charge in [-0.3, -0.25) is 9.69 Å². The average molecular weight is 449 g/mol. The second kappa shape index (κ2) is 10.1. The minimum atomic E-state index is 0.0406. The lowest BCUT2D eigenvalue weighted by Crippen LogP contribution is -2.47. The molecule has 176 valence electrons. The molecule has 6 heteroatoms. The Labute approximate surface area is 197 Å². The van der Waals surface area contributed by atoms with Gasteiger partial charge < -0.3 is 15.0 Å². The topological polar surface area (TPSA) is 57.7 Å². The Morgan fingerprint density at radius 1 is 1.00 bits per heavy atom. The first-order valence-corrected chi connectivity index (χ1v) is 12.7. The molecule has 0 spiro atoms. The van der Waals surface area contributed by atoms with Crippen molar-refractivity contribution in [3.8, 4) is 5.88 Å². The van der Waals surface area contributed by atoms with Gasteiger partial charge in [0.2, 0.25) is 11.8 Å². The Morgan fingerprint density at radius 2 is 1.85 bits per heavy atom. The van der Waals surface area contributed by atoms with Crippen molar-refractivity contribution in [2.24, 2.45) is 0 Å². The number of aryl methyl sites for hydroxylation is 2. The number of benzene rings is 1. The van der Waals surface area contributed by atoms with Crippen LogP contribution in [-0.4, -0.2) is 55.1 Å². The fourth-order valence-electron chi connectivity index (χ4n) is 5.48. The number of ether oxygens (including phenoxy) is 1. The van der Waals surface area contributed by atoms with Crippen molar-refractivity contribution in [2.45, 2.75) is 58.3 Å². The van der Waals surface area contributed by atoms with Crippen molar-refractivity contribution < 1.29 is 9.53 Å². The molecule has 0 unspecified atom stereocenters. The zero-order chi connectivity index (χ0) is 22.6. The average Bonchev–Trinajstić information content (AvgIpc) is 2.84. The van der Waals surface area contributed by atoms with Crippen LogP contribution in [0.15, 0.2) is 24.3 Å². The van der Waals surface area contributed by atoms with Crippen molar-refractivity contribution in [1.29, 1.82) is 0 Å². The number of rotatable bonds is 7. The summed E-state index contributed by atoms with van der Waals surface area (Å²) >= 11 is 0. The summed E-state index contributed by atoms with van der Waals surface area (Å²) < 4.78 is 5.92. The molecule has 1 aliphatic carbocycles. The van der Waals surface area contributed by atoms with E-state index < -0.39 is 0 Å². The van der Waals surface area contributed by atoms with Gasteiger partial charge in [0.1, 0.15) is 5.82 Å². The number of nitrogens with one attached hydrogen (secondary N) is 1. The minimum Gasteiger partial charge on any atom is -0.478 e. The Hall–Kier alpha value is -2.60. The Bertz CT molecular complexity index is 998. The summed E-state index contributed by atoms with van der Waals surface area (Å²) in [5.74, 6) is 1.34. The van der Waals surface area contributed by atoms with Crippen LogP contribution in [0.4, 0.5) is 11.5 Å². The second-order valence-corrected chi connectivity index (χ2v) is 9.66. The lowest BCUT2D eigenvalue weighted by molar-refractivity contribution is -0.116. The molecular formula is C27H36N4O2. The highest BCUT2D eigenvalue weighted by molar-refractivity contribution is 5.93. The molecule has 1 fully saturated rings. The van der Waals surface area contributed by atoms with Gasteiger partial charge in [-0.05, 0) is 86.7 Å². The van der Waals surface area contributed by atoms with E-state index in [1.165, 1.54) is 31.4 Å². The van der Waals surface area contributed by atoms with Crippen LogP contribution < -0.4 is 15.0 Å². The van der Waals surface area contributed by atoms with Gasteiger partial charge in [-0.25, -0.2) is 0 Å². The second-order valence-electron chi connectivity index (χ2n) is 9.66. The molecule has 1 amide bonds. The Kier molecular flexibility index (Phi) is 6.81. The summed E-state index contributed by atoms with van der Waals surface area (Å²) in [5, 5.41) is 2.88. The largest absolute Gasteiger partial charge is 0.478 e. The fraction of sp³-hybridized carbons (Fsp3) is 0.556. The number of unbranched alkanes of at least 4 members (excludes halogenated alkanes) is 1. The van der Waals surface area contributed by atoms with Gasteiger partial charge in [0, 0.05) is 44.4 Å². The molecule has 0 radical (unpaired) electrons. The lowest BCUT2D eigenvalue weighted by atomic mass is 9.90. The van der Waals surface area contributed by atoms with E-state index in [0.29, 0.717) is 24.7 Å². The predicted octanol–water partition coefficient (Wildman–Crippen LogP) is 4.13. The number of pyridine rings is 1. The SMILES string of the molecule is Cc1cc(OCCCCN2CCN(c3cccc4c3CCCC4)CC2)nc2c1CCC(=O)N2. The van der Waals surface area contributed by atoms with Crippen LogP contribution in [0.5, 0.6) is 5.88 Å². The van der Waals surface area contributed by atoms with E-state index in [1.807, 2.05) is 6.07 Å². The Morgan fingerprint density at radius 3 is 2.73 bits per heavy atom. The van der Waals surface area contributed by atoms with Crippen LogP contribution in [0.1, 0.15) is 54.4 Å². The lowest BCUT2D eigenvalue weighted by Gasteiger charge is -2.38. The first-order valence-electron chi connectivity index (χ1n) is 12.7. The first kappa shape index (κ1) is 22.2. The van der Waals surface area contributed by atoms with Gasteiger partial charge in [-0.2, -0.15) is 4.98 Å². The monoisotopic (exact) mass is 448 g/mol. The number of aromatic nitrogens is 1. The minimum absolute atomic E-state index is 0.0406. The highest BCUT2D eigenvalue weighted by Crippen LogP contribution is 2.31. The molecule has 1 aromatic heterocycles. The zero-order valence-electron chi connectivity index (χ0n) is 19.9. The molecule has 0 bridgehead atoms. The van der Waals surface area contributed by atoms with Crippen LogP contribution in [0.3, 0.4) is 0 Å². The number of hydrogen-bond acceptors (Lipinski definition) is 5. The van der Waals surface area contributed by atoms with Gasteiger partial charge in [-0.15, -0.1) is 0 Å². The maximum atomic E-state index is 11.7. The van der Waals surface area contributed by atoms with Crippen molar-refractivity contribution in [1.82, 2.24) is 9.88 Å². The number of nitrogens with zero attached hydrogens (tertiary/aromatic N) is 3. The molecule has 1 aromatic carbocycles. The predicted molar refractivity (Wildman–Crippen MR) is 132 cm³/mol. The third-order valence-corrected chi connectivity index (χ3v) is 7.39. The molecule has 3 aliphatic rings. The molecule has 33 heavy (non-hydrogen) atoms. The van der Waals surface area contributed by atoms with Crippen LogP contribution >= 0.6 is 0 Å². The molecule has 5 rings (SSSR count). The maximum absolute atomic E-state index is 11.7. The summed E-state index contributed by atoms with van der Waals surface area (Å²) in [5.41, 5.74) is 6.96. The van der Waals surface area contributed by atoms with E-state index in [0.717, 1.165) is 63.1 Å². The van der Waals surface area contributed by atoms with E-state index in [4.69, 9.17) is 4.74 Å². The first-order chi connectivity index (χ1) is 16.2. The van der Waals surface area contributed by atoms with Crippen LogP contribution in [-0.2, 0) is 24.1 Å². The summed E-state index contributed by atoms with van der Waals surface area (Å²) in [7, 11) is 0. The highest BCUT2D eigenvalue weighted by Gasteiger charge is 2.22. The number of anilines is 2.